The molecule has 1 aliphatic rings. The topological polar surface area (TPSA) is 38.8 Å². The van der Waals surface area contributed by atoms with Gasteiger partial charge < -0.3 is 14.4 Å². The van der Waals surface area contributed by atoms with Crippen molar-refractivity contribution in [2.45, 2.75) is 26.4 Å². The summed E-state index contributed by atoms with van der Waals surface area (Å²) >= 11 is 6.41. The zero-order valence-electron chi connectivity index (χ0n) is 14.3. The second-order valence-corrected chi connectivity index (χ2v) is 6.40. The minimum atomic E-state index is -0.00466. The monoisotopic (exact) mass is 359 g/mol. The van der Waals surface area contributed by atoms with E-state index in [0.29, 0.717) is 35.3 Å². The highest BCUT2D eigenvalue weighted by atomic mass is 35.5. The van der Waals surface area contributed by atoms with Crippen molar-refractivity contribution in [1.82, 2.24) is 4.90 Å². The highest BCUT2D eigenvalue weighted by Crippen LogP contribution is 2.37. The molecular weight excluding hydrogens is 338 g/mol. The normalized spacial score (nSPS) is 13.8. The third-order valence-corrected chi connectivity index (χ3v) is 4.46. The number of hydrogen-bond donors (Lipinski definition) is 0. The quantitative estimate of drug-likeness (QED) is 0.759. The summed E-state index contributed by atoms with van der Waals surface area (Å²) in [5.41, 5.74) is 1.58. The summed E-state index contributed by atoms with van der Waals surface area (Å²) in [6, 6.07) is 13.3. The van der Waals surface area contributed by atoms with E-state index in [2.05, 4.69) is 0 Å². The first-order valence-electron chi connectivity index (χ1n) is 8.61. The van der Waals surface area contributed by atoms with E-state index in [4.69, 9.17) is 21.1 Å². The van der Waals surface area contributed by atoms with Crippen LogP contribution in [-0.2, 0) is 6.61 Å². The fourth-order valence-electron chi connectivity index (χ4n) is 2.93. The molecule has 2 aromatic carbocycles. The minimum Gasteiger partial charge on any atom is -0.490 e. The first-order valence-corrected chi connectivity index (χ1v) is 8.99. The van der Waals surface area contributed by atoms with E-state index in [1.807, 2.05) is 42.2 Å². The zero-order valence-corrected chi connectivity index (χ0v) is 15.1. The van der Waals surface area contributed by atoms with Crippen molar-refractivity contribution >= 4 is 17.5 Å². The predicted molar refractivity (Wildman–Crippen MR) is 98.5 cm³/mol. The second kappa shape index (κ2) is 8.26. The van der Waals surface area contributed by atoms with Crippen molar-refractivity contribution in [2.24, 2.45) is 0 Å². The average Bonchev–Trinajstić information content (AvgIpc) is 3.16. The van der Waals surface area contributed by atoms with E-state index in [9.17, 15) is 4.79 Å². The molecule has 25 heavy (non-hydrogen) atoms. The van der Waals surface area contributed by atoms with Gasteiger partial charge in [-0.25, -0.2) is 0 Å². The molecule has 1 aliphatic heterocycles. The standard InChI is InChI=1S/C20H22ClNO3/c1-2-24-18-13-16(20(23)22-10-6-7-11-22)12-17(21)19(18)25-14-15-8-4-3-5-9-15/h3-5,8-9,12-13H,2,6-7,10-11,14H2,1H3. The molecule has 0 unspecified atom stereocenters. The molecule has 1 heterocycles. The van der Waals surface area contributed by atoms with Gasteiger partial charge in [-0.2, -0.15) is 0 Å². The Labute approximate surface area is 153 Å². The Morgan fingerprint density at radius 2 is 1.84 bits per heavy atom. The highest BCUT2D eigenvalue weighted by molar-refractivity contribution is 6.32. The van der Waals surface area contributed by atoms with Crippen LogP contribution in [0.15, 0.2) is 42.5 Å². The summed E-state index contributed by atoms with van der Waals surface area (Å²) in [4.78, 5) is 14.5. The molecule has 4 nitrogen and oxygen atoms in total. The molecule has 0 spiro atoms. The van der Waals surface area contributed by atoms with Crippen molar-refractivity contribution in [3.8, 4) is 11.5 Å². The van der Waals surface area contributed by atoms with Gasteiger partial charge in [0, 0.05) is 18.7 Å². The number of ether oxygens (including phenoxy) is 2. The molecule has 0 aliphatic carbocycles. The van der Waals surface area contributed by atoms with E-state index in [-0.39, 0.29) is 5.91 Å². The smallest absolute Gasteiger partial charge is 0.254 e. The molecule has 0 atom stereocenters. The summed E-state index contributed by atoms with van der Waals surface area (Å²) in [6.07, 6.45) is 2.10. The predicted octanol–water partition coefficient (Wildman–Crippen LogP) is 4.55. The van der Waals surface area contributed by atoms with Crippen LogP contribution in [0.5, 0.6) is 11.5 Å². The fourth-order valence-corrected chi connectivity index (χ4v) is 3.19. The number of benzene rings is 2. The second-order valence-electron chi connectivity index (χ2n) is 5.99. The van der Waals surface area contributed by atoms with Crippen molar-refractivity contribution in [2.75, 3.05) is 19.7 Å². The maximum Gasteiger partial charge on any atom is 0.254 e. The van der Waals surface area contributed by atoms with E-state index in [1.165, 1.54) is 0 Å². The van der Waals surface area contributed by atoms with Gasteiger partial charge in [0.1, 0.15) is 6.61 Å². The maximum atomic E-state index is 12.6. The lowest BCUT2D eigenvalue weighted by Crippen LogP contribution is -2.27. The molecule has 1 saturated heterocycles. The highest BCUT2D eigenvalue weighted by Gasteiger charge is 2.22. The molecule has 3 rings (SSSR count). The van der Waals surface area contributed by atoms with Crippen LogP contribution in [0.25, 0.3) is 0 Å². The molecule has 1 amide bonds. The van der Waals surface area contributed by atoms with Gasteiger partial charge >= 0.3 is 0 Å². The molecule has 0 N–H and O–H groups in total. The lowest BCUT2D eigenvalue weighted by Gasteiger charge is -2.18. The van der Waals surface area contributed by atoms with Crippen LogP contribution in [0.1, 0.15) is 35.7 Å². The molecule has 2 aromatic rings. The van der Waals surface area contributed by atoms with E-state index in [1.54, 1.807) is 12.1 Å². The minimum absolute atomic E-state index is 0.00466. The maximum absolute atomic E-state index is 12.6. The molecule has 5 heteroatoms. The van der Waals surface area contributed by atoms with Crippen LogP contribution in [0.2, 0.25) is 5.02 Å². The molecule has 1 fully saturated rings. The van der Waals surface area contributed by atoms with Crippen molar-refractivity contribution in [3.05, 3.63) is 58.6 Å². The third-order valence-electron chi connectivity index (χ3n) is 4.18. The number of carbonyl (C=O) groups excluding carboxylic acids is 1. The van der Waals surface area contributed by atoms with Crippen LogP contribution < -0.4 is 9.47 Å². The molecule has 0 radical (unpaired) electrons. The van der Waals surface area contributed by atoms with Gasteiger partial charge in [-0.1, -0.05) is 41.9 Å². The number of halogens is 1. The number of hydrogen-bond acceptors (Lipinski definition) is 3. The Morgan fingerprint density at radius 1 is 1.12 bits per heavy atom. The Kier molecular flexibility index (Phi) is 5.82. The number of amides is 1. The summed E-state index contributed by atoms with van der Waals surface area (Å²) in [5.74, 6) is 0.980. The van der Waals surface area contributed by atoms with Gasteiger partial charge in [-0.15, -0.1) is 0 Å². The molecule has 132 valence electrons. The van der Waals surface area contributed by atoms with Gasteiger partial charge in [-0.05, 0) is 37.5 Å². The zero-order chi connectivity index (χ0) is 17.6. The Morgan fingerprint density at radius 3 is 2.52 bits per heavy atom. The van der Waals surface area contributed by atoms with Gasteiger partial charge in [0.15, 0.2) is 11.5 Å². The van der Waals surface area contributed by atoms with Gasteiger partial charge in [0.25, 0.3) is 5.91 Å². The van der Waals surface area contributed by atoms with Crippen LogP contribution in [0.3, 0.4) is 0 Å². The number of nitrogens with zero attached hydrogens (tertiary/aromatic N) is 1. The summed E-state index contributed by atoms with van der Waals surface area (Å²) in [5, 5.41) is 0.393. The number of carbonyl (C=O) groups is 1. The number of likely N-dealkylation sites (tertiary alicyclic amines) is 1. The average molecular weight is 360 g/mol. The van der Waals surface area contributed by atoms with Crippen LogP contribution >= 0.6 is 11.6 Å². The van der Waals surface area contributed by atoms with Crippen LogP contribution in [0.4, 0.5) is 0 Å². The Bertz CT molecular complexity index is 727. The van der Waals surface area contributed by atoms with Crippen molar-refractivity contribution < 1.29 is 14.3 Å². The van der Waals surface area contributed by atoms with E-state index < -0.39 is 0 Å². The van der Waals surface area contributed by atoms with Crippen molar-refractivity contribution in [3.63, 3.8) is 0 Å². The largest absolute Gasteiger partial charge is 0.490 e. The lowest BCUT2D eigenvalue weighted by atomic mass is 10.1. The molecule has 0 saturated carbocycles. The van der Waals surface area contributed by atoms with Crippen molar-refractivity contribution in [1.29, 1.82) is 0 Å². The first-order chi connectivity index (χ1) is 12.2. The van der Waals surface area contributed by atoms with E-state index >= 15 is 0 Å². The van der Waals surface area contributed by atoms with E-state index in [0.717, 1.165) is 31.5 Å². The Hall–Kier alpha value is -2.20. The van der Waals surface area contributed by atoms with Gasteiger partial charge in [0.2, 0.25) is 0 Å². The Balaban J connectivity index is 1.83. The summed E-state index contributed by atoms with van der Waals surface area (Å²) in [7, 11) is 0. The first kappa shape index (κ1) is 17.6. The molecular formula is C20H22ClNO3. The van der Waals surface area contributed by atoms with Gasteiger partial charge in [0.05, 0.1) is 11.6 Å². The molecule has 0 bridgehead atoms. The van der Waals surface area contributed by atoms with Crippen LogP contribution in [0, 0.1) is 0 Å². The summed E-state index contributed by atoms with van der Waals surface area (Å²) < 4.78 is 11.6. The SMILES string of the molecule is CCOc1cc(C(=O)N2CCCC2)cc(Cl)c1OCc1ccccc1. The van der Waals surface area contributed by atoms with Crippen LogP contribution in [-0.4, -0.2) is 30.5 Å². The lowest BCUT2D eigenvalue weighted by molar-refractivity contribution is 0.0792. The summed E-state index contributed by atoms with van der Waals surface area (Å²) in [6.45, 7) is 4.35. The van der Waals surface area contributed by atoms with Gasteiger partial charge in [-0.3, -0.25) is 4.79 Å². The number of rotatable bonds is 6. The third kappa shape index (κ3) is 4.26. The molecule has 0 aromatic heterocycles. The fraction of sp³-hybridized carbons (Fsp3) is 0.350.